The van der Waals surface area contributed by atoms with E-state index in [1.54, 1.807) is 19.3 Å². The maximum atomic E-state index is 14.5. The van der Waals surface area contributed by atoms with Crippen molar-refractivity contribution in [1.29, 1.82) is 0 Å². The Morgan fingerprint density at radius 1 is 1.06 bits per heavy atom. The van der Waals surface area contributed by atoms with Gasteiger partial charge in [0.25, 0.3) is 5.91 Å². The molecule has 0 bridgehead atoms. The van der Waals surface area contributed by atoms with E-state index in [4.69, 9.17) is 0 Å². The summed E-state index contributed by atoms with van der Waals surface area (Å²) in [6, 6.07) is 6.36. The van der Waals surface area contributed by atoms with E-state index in [1.807, 2.05) is 0 Å². The van der Waals surface area contributed by atoms with Gasteiger partial charge in [0.15, 0.2) is 17.5 Å². The van der Waals surface area contributed by atoms with Crippen molar-refractivity contribution in [2.75, 3.05) is 6.54 Å². The minimum absolute atomic E-state index is 0.0442. The van der Waals surface area contributed by atoms with Gasteiger partial charge in [-0.05, 0) is 36.8 Å². The van der Waals surface area contributed by atoms with Crippen molar-refractivity contribution in [3.8, 4) is 11.3 Å². The number of hydrogen-bond donors (Lipinski definition) is 1. The number of benzene rings is 2. The zero-order chi connectivity index (χ0) is 21.9. The number of nitrogens with one attached hydrogen (secondary N) is 1. The molecule has 5 rings (SSSR count). The average Bonchev–Trinajstić information content (AvgIpc) is 3.32. The van der Waals surface area contributed by atoms with Crippen LogP contribution in [-0.2, 0) is 20.0 Å². The fraction of sp³-hybridized carbons (Fsp3) is 0.182. The van der Waals surface area contributed by atoms with Gasteiger partial charge in [0.1, 0.15) is 5.82 Å². The lowest BCUT2D eigenvalue weighted by atomic mass is 9.99. The molecular formula is C22H16F4N4O. The van der Waals surface area contributed by atoms with E-state index in [1.165, 1.54) is 21.7 Å². The number of nitrogens with zero attached hydrogens (tertiary/aromatic N) is 3. The first-order valence-electron chi connectivity index (χ1n) is 9.59. The van der Waals surface area contributed by atoms with Crippen molar-refractivity contribution in [3.05, 3.63) is 76.6 Å². The van der Waals surface area contributed by atoms with E-state index < -0.39 is 29.2 Å². The molecule has 2 aromatic heterocycles. The minimum Gasteiger partial charge on any atom is -0.361 e. The van der Waals surface area contributed by atoms with Crippen molar-refractivity contribution in [3.63, 3.8) is 0 Å². The first-order chi connectivity index (χ1) is 14.8. The molecule has 0 saturated heterocycles. The smallest absolute Gasteiger partial charge is 0.257 e. The monoisotopic (exact) mass is 428 g/mol. The summed E-state index contributed by atoms with van der Waals surface area (Å²) in [6.07, 6.45) is 2.03. The number of rotatable bonds is 2. The van der Waals surface area contributed by atoms with Gasteiger partial charge >= 0.3 is 0 Å². The van der Waals surface area contributed by atoms with E-state index in [2.05, 4.69) is 10.1 Å². The van der Waals surface area contributed by atoms with Crippen LogP contribution in [0.3, 0.4) is 0 Å². The molecule has 0 unspecified atom stereocenters. The predicted octanol–water partition coefficient (Wildman–Crippen LogP) is 4.32. The van der Waals surface area contributed by atoms with Crippen LogP contribution in [0, 0.1) is 23.3 Å². The third-order valence-electron chi connectivity index (χ3n) is 5.62. The highest BCUT2D eigenvalue weighted by molar-refractivity contribution is 5.98. The Morgan fingerprint density at radius 3 is 2.55 bits per heavy atom. The molecule has 2 aromatic carbocycles. The third-order valence-corrected chi connectivity index (χ3v) is 5.62. The van der Waals surface area contributed by atoms with E-state index >= 15 is 0 Å². The number of carbonyl (C=O) groups excluding carboxylic acids is 1. The van der Waals surface area contributed by atoms with Gasteiger partial charge in [0, 0.05) is 41.8 Å². The average molecular weight is 428 g/mol. The SMILES string of the molecule is Cn1nc2c(c1-c1cc(F)c(F)c(F)c1)CCN(C(=O)c1cc3[nH]ccc3cc1F)C2. The zero-order valence-corrected chi connectivity index (χ0v) is 16.3. The summed E-state index contributed by atoms with van der Waals surface area (Å²) in [5.41, 5.74) is 2.50. The maximum absolute atomic E-state index is 14.5. The van der Waals surface area contributed by atoms with Crippen LogP contribution >= 0.6 is 0 Å². The lowest BCUT2D eigenvalue weighted by Crippen LogP contribution is -2.36. The highest BCUT2D eigenvalue weighted by Gasteiger charge is 2.29. The first-order valence-corrected chi connectivity index (χ1v) is 9.59. The minimum atomic E-state index is -1.53. The normalized spacial score (nSPS) is 13.6. The summed E-state index contributed by atoms with van der Waals surface area (Å²) in [4.78, 5) is 17.4. The molecule has 1 N–H and O–H groups in total. The third kappa shape index (κ3) is 3.08. The number of aromatic amines is 1. The number of carbonyl (C=O) groups is 1. The van der Waals surface area contributed by atoms with Crippen LogP contribution < -0.4 is 0 Å². The highest BCUT2D eigenvalue weighted by Crippen LogP contribution is 2.32. The summed E-state index contributed by atoms with van der Waals surface area (Å²) < 4.78 is 56.8. The summed E-state index contributed by atoms with van der Waals surface area (Å²) in [5, 5.41) is 5.05. The van der Waals surface area contributed by atoms with E-state index in [0.29, 0.717) is 28.7 Å². The van der Waals surface area contributed by atoms with E-state index in [0.717, 1.165) is 17.7 Å². The molecule has 0 aliphatic carbocycles. The quantitative estimate of drug-likeness (QED) is 0.382. The summed E-state index contributed by atoms with van der Waals surface area (Å²) in [7, 11) is 1.61. The lowest BCUT2D eigenvalue weighted by Gasteiger charge is -2.27. The summed E-state index contributed by atoms with van der Waals surface area (Å²) >= 11 is 0. The molecule has 0 saturated carbocycles. The Bertz CT molecular complexity index is 1330. The van der Waals surface area contributed by atoms with Gasteiger partial charge < -0.3 is 9.88 Å². The van der Waals surface area contributed by atoms with Crippen LogP contribution in [0.1, 0.15) is 21.6 Å². The molecule has 1 amide bonds. The van der Waals surface area contributed by atoms with Crippen LogP contribution in [0.2, 0.25) is 0 Å². The molecule has 0 fully saturated rings. The molecule has 31 heavy (non-hydrogen) atoms. The van der Waals surface area contributed by atoms with Gasteiger partial charge in [-0.1, -0.05) is 0 Å². The molecular weight excluding hydrogens is 412 g/mol. The standard InChI is InChI=1S/C22H16F4N4O/c1-29-21(12-7-16(24)20(26)17(25)8-12)13-3-5-30(10-19(13)28-29)22(31)14-9-18-11(2-4-27-18)6-15(14)23/h2,4,6-9,27H,3,5,10H2,1H3. The van der Waals surface area contributed by atoms with E-state index in [-0.39, 0.29) is 24.2 Å². The van der Waals surface area contributed by atoms with Crippen LogP contribution in [0.15, 0.2) is 36.5 Å². The van der Waals surface area contributed by atoms with E-state index in [9.17, 15) is 22.4 Å². The fourth-order valence-electron chi connectivity index (χ4n) is 4.15. The zero-order valence-electron chi connectivity index (χ0n) is 16.3. The second-order valence-corrected chi connectivity index (χ2v) is 7.53. The van der Waals surface area contributed by atoms with Crippen LogP contribution in [0.5, 0.6) is 0 Å². The second kappa shape index (κ2) is 6.97. The van der Waals surface area contributed by atoms with Gasteiger partial charge in [0.05, 0.1) is 23.5 Å². The molecule has 0 spiro atoms. The molecule has 5 nitrogen and oxygen atoms in total. The molecule has 0 radical (unpaired) electrons. The second-order valence-electron chi connectivity index (χ2n) is 7.53. The highest BCUT2D eigenvalue weighted by atomic mass is 19.2. The maximum Gasteiger partial charge on any atom is 0.257 e. The Hall–Kier alpha value is -3.62. The Labute approximate surface area is 173 Å². The molecule has 4 aromatic rings. The van der Waals surface area contributed by atoms with Gasteiger partial charge in [-0.25, -0.2) is 17.6 Å². The van der Waals surface area contributed by atoms with Gasteiger partial charge in [-0.2, -0.15) is 5.10 Å². The molecule has 9 heteroatoms. The number of H-pyrrole nitrogens is 1. The number of fused-ring (bicyclic) bond motifs is 2. The Morgan fingerprint density at radius 2 is 1.81 bits per heavy atom. The fourth-order valence-corrected chi connectivity index (χ4v) is 4.15. The van der Waals surface area contributed by atoms with Crippen LogP contribution in [-0.4, -0.2) is 32.1 Å². The summed E-state index contributed by atoms with van der Waals surface area (Å²) in [6.45, 7) is 0.398. The lowest BCUT2D eigenvalue weighted by molar-refractivity contribution is 0.0728. The van der Waals surface area contributed by atoms with Gasteiger partial charge in [-0.3, -0.25) is 9.48 Å². The molecule has 0 atom stereocenters. The van der Waals surface area contributed by atoms with Crippen LogP contribution in [0.25, 0.3) is 22.2 Å². The molecule has 158 valence electrons. The molecule has 3 heterocycles. The molecule has 1 aliphatic rings. The van der Waals surface area contributed by atoms with Gasteiger partial charge in [-0.15, -0.1) is 0 Å². The first kappa shape index (κ1) is 19.3. The van der Waals surface area contributed by atoms with Crippen molar-refractivity contribution in [2.45, 2.75) is 13.0 Å². The largest absolute Gasteiger partial charge is 0.361 e. The van der Waals surface area contributed by atoms with Crippen molar-refractivity contribution >= 4 is 16.8 Å². The van der Waals surface area contributed by atoms with Crippen LogP contribution in [0.4, 0.5) is 17.6 Å². The Balaban J connectivity index is 1.48. The predicted molar refractivity (Wildman–Crippen MR) is 105 cm³/mol. The van der Waals surface area contributed by atoms with Gasteiger partial charge in [0.2, 0.25) is 0 Å². The Kier molecular flexibility index (Phi) is 4.35. The van der Waals surface area contributed by atoms with Crippen molar-refractivity contribution in [1.82, 2.24) is 19.7 Å². The summed E-state index contributed by atoms with van der Waals surface area (Å²) in [5.74, 6) is -5.18. The number of halogens is 4. The van der Waals surface area contributed by atoms with Crippen molar-refractivity contribution < 1.29 is 22.4 Å². The number of amides is 1. The van der Waals surface area contributed by atoms with Crippen molar-refractivity contribution in [2.24, 2.45) is 7.05 Å². The number of aryl methyl sites for hydroxylation is 1. The number of aromatic nitrogens is 3. The number of hydrogen-bond acceptors (Lipinski definition) is 2. The topological polar surface area (TPSA) is 53.9 Å². The molecule has 1 aliphatic heterocycles.